The number of Topliss-reactive ketones (excluding diaryl/α,β-unsaturated/α-hetero) is 2. The topological polar surface area (TPSA) is 199 Å². The molecule has 3 aromatic rings. The van der Waals surface area contributed by atoms with Crippen LogP contribution in [0.1, 0.15) is 58.3 Å². The van der Waals surface area contributed by atoms with Crippen molar-refractivity contribution in [1.29, 1.82) is 0 Å². The summed E-state index contributed by atoms with van der Waals surface area (Å²) in [6.45, 7) is 0.358. The van der Waals surface area contributed by atoms with Crippen LogP contribution in [-0.2, 0) is 20.9 Å². The minimum atomic E-state index is -2.42. The van der Waals surface area contributed by atoms with E-state index in [1.165, 1.54) is 12.1 Å². The maximum Gasteiger partial charge on any atom is 0.246 e. The lowest BCUT2D eigenvalue weighted by atomic mass is 9.57. The number of primary amides is 1. The zero-order valence-corrected chi connectivity index (χ0v) is 24.1. The average molecular weight is 612 g/mol. The number of hydrogen-bond acceptors (Lipinski definition) is 9. The number of fused-ring (bicyclic) bond motifs is 3. The Morgan fingerprint density at radius 2 is 1.62 bits per heavy atom. The maximum atomic E-state index is 14.0. The number of benzene rings is 3. The van der Waals surface area contributed by atoms with E-state index in [0.717, 1.165) is 5.56 Å². The van der Waals surface area contributed by atoms with Crippen LogP contribution in [0.2, 0.25) is 0 Å². The number of hydrogen-bond donors (Lipinski definition) is 7. The van der Waals surface area contributed by atoms with E-state index in [4.69, 9.17) is 5.73 Å². The molecule has 1 fully saturated rings. The summed E-state index contributed by atoms with van der Waals surface area (Å²) in [7, 11) is 0. The number of nitrogens with two attached hydrogens (primary N) is 1. The van der Waals surface area contributed by atoms with Crippen LogP contribution in [0.3, 0.4) is 0 Å². The van der Waals surface area contributed by atoms with E-state index in [-0.39, 0.29) is 35.2 Å². The Labute approximate surface area is 258 Å². The molecule has 0 aliphatic heterocycles. The van der Waals surface area contributed by atoms with Crippen molar-refractivity contribution in [3.05, 3.63) is 106 Å². The molecule has 0 bridgehead atoms. The second-order valence-corrected chi connectivity index (χ2v) is 11.9. The van der Waals surface area contributed by atoms with Gasteiger partial charge in [0, 0.05) is 30.4 Å². The highest BCUT2D eigenvalue weighted by Crippen LogP contribution is 2.55. The van der Waals surface area contributed by atoms with E-state index in [1.807, 2.05) is 36.4 Å². The van der Waals surface area contributed by atoms with E-state index in [2.05, 4.69) is 10.6 Å². The fourth-order valence-corrected chi connectivity index (χ4v) is 7.09. The highest BCUT2D eigenvalue weighted by molar-refractivity contribution is 6.17. The average Bonchev–Trinajstić information content (AvgIpc) is 3.01. The normalized spacial score (nSPS) is 26.4. The Balaban J connectivity index is 1.37. The summed E-state index contributed by atoms with van der Waals surface area (Å²) in [6, 6.07) is 20.3. The van der Waals surface area contributed by atoms with Crippen LogP contribution in [0.25, 0.3) is 0 Å². The molecule has 3 aliphatic rings. The first kappa shape index (κ1) is 30.2. The first-order valence-electron chi connectivity index (χ1n) is 14.7. The van der Waals surface area contributed by atoms with Gasteiger partial charge in [0.05, 0.1) is 23.3 Å². The van der Waals surface area contributed by atoms with Crippen LogP contribution in [0.5, 0.6) is 5.75 Å². The molecule has 11 nitrogen and oxygen atoms in total. The molecule has 2 amide bonds. The maximum absolute atomic E-state index is 14.0. The zero-order valence-electron chi connectivity index (χ0n) is 24.1. The third-order valence-corrected chi connectivity index (χ3v) is 9.25. The number of allylic oxidation sites excluding steroid dienone is 1. The molecule has 0 radical (unpaired) electrons. The van der Waals surface area contributed by atoms with E-state index < -0.39 is 76.8 Å². The fourth-order valence-electron chi connectivity index (χ4n) is 7.09. The quantitative estimate of drug-likeness (QED) is 0.196. The molecule has 6 atom stereocenters. The molecule has 6 unspecified atom stereocenters. The van der Waals surface area contributed by atoms with Crippen molar-refractivity contribution in [2.75, 3.05) is 5.32 Å². The molecule has 11 heteroatoms. The Kier molecular flexibility index (Phi) is 7.77. The Bertz CT molecular complexity index is 1720. The number of aliphatic hydroxyl groups excluding tert-OH is 2. The van der Waals surface area contributed by atoms with Gasteiger partial charge in [-0.25, -0.2) is 0 Å². The minimum Gasteiger partial charge on any atom is -0.508 e. The molecular weight excluding hydrogens is 578 g/mol. The second-order valence-electron chi connectivity index (χ2n) is 11.9. The summed E-state index contributed by atoms with van der Waals surface area (Å²) < 4.78 is 0. The van der Waals surface area contributed by atoms with Gasteiger partial charge in [-0.2, -0.15) is 0 Å². The zero-order chi connectivity index (χ0) is 32.0. The van der Waals surface area contributed by atoms with E-state index in [0.29, 0.717) is 12.1 Å². The first-order chi connectivity index (χ1) is 21.5. The summed E-state index contributed by atoms with van der Waals surface area (Å²) in [5.74, 6) is -7.83. The number of carbonyl (C=O) groups is 4. The van der Waals surface area contributed by atoms with Crippen LogP contribution in [0.4, 0.5) is 5.69 Å². The van der Waals surface area contributed by atoms with Crippen molar-refractivity contribution in [2.24, 2.45) is 17.6 Å². The number of anilines is 1. The van der Waals surface area contributed by atoms with Gasteiger partial charge in [-0.05, 0) is 35.6 Å². The number of rotatable bonds is 7. The number of aromatic hydroxyl groups is 1. The van der Waals surface area contributed by atoms with Gasteiger partial charge >= 0.3 is 0 Å². The SMILES string of the molecule is NC(=O)C1c2ccc(NC(=O)C(NCc3ccccc3)c3ccccc3)c(O)c2C(=O)C2=C(O)C3(O)C(=O)CC(O)CC3CC21. The molecule has 3 aliphatic carbocycles. The third-order valence-electron chi connectivity index (χ3n) is 9.25. The van der Waals surface area contributed by atoms with Crippen molar-refractivity contribution in [3.63, 3.8) is 0 Å². The van der Waals surface area contributed by atoms with Crippen molar-refractivity contribution in [2.45, 2.75) is 49.5 Å². The monoisotopic (exact) mass is 611 g/mol. The minimum absolute atomic E-state index is 0.0281. The van der Waals surface area contributed by atoms with E-state index in [9.17, 15) is 39.6 Å². The number of ketones is 2. The number of phenolic OH excluding ortho intramolecular Hbond substituents is 1. The first-order valence-corrected chi connectivity index (χ1v) is 14.7. The van der Waals surface area contributed by atoms with Gasteiger partial charge in [0.15, 0.2) is 22.9 Å². The van der Waals surface area contributed by atoms with Gasteiger partial charge < -0.3 is 31.5 Å². The van der Waals surface area contributed by atoms with Crippen molar-refractivity contribution in [1.82, 2.24) is 5.32 Å². The van der Waals surface area contributed by atoms with Gasteiger partial charge in [-0.3, -0.25) is 24.5 Å². The van der Waals surface area contributed by atoms with Gasteiger partial charge in [0.25, 0.3) is 0 Å². The van der Waals surface area contributed by atoms with Crippen molar-refractivity contribution < 1.29 is 39.6 Å². The lowest BCUT2D eigenvalue weighted by Crippen LogP contribution is -2.58. The summed E-state index contributed by atoms with van der Waals surface area (Å²) >= 11 is 0. The van der Waals surface area contributed by atoms with Gasteiger partial charge in [0.1, 0.15) is 11.8 Å². The molecule has 0 spiro atoms. The van der Waals surface area contributed by atoms with Crippen LogP contribution in [-0.4, -0.2) is 55.5 Å². The molecule has 1 saturated carbocycles. The highest BCUT2D eigenvalue weighted by Gasteiger charge is 2.60. The summed E-state index contributed by atoms with van der Waals surface area (Å²) in [6.07, 6.45) is -1.57. The van der Waals surface area contributed by atoms with Crippen LogP contribution in [0.15, 0.2) is 84.1 Å². The lowest BCUT2D eigenvalue weighted by molar-refractivity contribution is -0.155. The molecule has 0 aromatic heterocycles. The van der Waals surface area contributed by atoms with Gasteiger partial charge in [0.2, 0.25) is 11.8 Å². The van der Waals surface area contributed by atoms with Gasteiger partial charge in [-0.1, -0.05) is 66.7 Å². The molecule has 45 heavy (non-hydrogen) atoms. The number of phenols is 1. The van der Waals surface area contributed by atoms with E-state index >= 15 is 0 Å². The Hall–Kier alpha value is -4.84. The molecule has 6 rings (SSSR count). The fraction of sp³-hybridized carbons (Fsp3) is 0.294. The summed E-state index contributed by atoms with van der Waals surface area (Å²) in [5, 5.41) is 50.1. The number of nitrogens with one attached hydrogen (secondary N) is 2. The molecular formula is C34H33N3O8. The van der Waals surface area contributed by atoms with Crippen LogP contribution < -0.4 is 16.4 Å². The number of carbonyl (C=O) groups excluding carboxylic acids is 4. The molecule has 0 heterocycles. The smallest absolute Gasteiger partial charge is 0.246 e. The molecule has 0 saturated heterocycles. The molecule has 3 aromatic carbocycles. The standard InChI is InChI=1S/C34H33N3O8/c35-32(43)25-21-11-12-23(37-33(44)28(18-9-5-2-6-10-18)36-16-17-7-3-1-4-8-17)29(40)26(21)30(41)27-22(25)14-19-13-20(38)15-24(39)34(19,45)31(27)42/h1-12,19-20,22,25,28,36,38,40,42,45H,13-16H2,(H2,35,43)(H,37,44). The third kappa shape index (κ3) is 5.08. The van der Waals surface area contributed by atoms with Crippen molar-refractivity contribution >= 4 is 29.1 Å². The predicted molar refractivity (Wildman–Crippen MR) is 162 cm³/mol. The second kappa shape index (κ2) is 11.6. The van der Waals surface area contributed by atoms with E-state index in [1.54, 1.807) is 24.3 Å². The van der Waals surface area contributed by atoms with Crippen LogP contribution in [0, 0.1) is 11.8 Å². The highest BCUT2D eigenvalue weighted by atomic mass is 16.3. The number of aliphatic hydroxyl groups is 3. The van der Waals surface area contributed by atoms with Crippen molar-refractivity contribution in [3.8, 4) is 5.75 Å². The van der Waals surface area contributed by atoms with Gasteiger partial charge in [-0.15, -0.1) is 0 Å². The molecule has 232 valence electrons. The predicted octanol–water partition coefficient (Wildman–Crippen LogP) is 2.53. The number of amides is 2. The summed E-state index contributed by atoms with van der Waals surface area (Å²) in [5.41, 5.74) is 4.18. The molecule has 8 N–H and O–H groups in total. The Morgan fingerprint density at radius 3 is 2.29 bits per heavy atom. The Morgan fingerprint density at radius 1 is 0.956 bits per heavy atom. The summed E-state index contributed by atoms with van der Waals surface area (Å²) in [4.78, 5) is 53.3. The van der Waals surface area contributed by atoms with Crippen LogP contribution >= 0.6 is 0 Å². The lowest BCUT2D eigenvalue weighted by Gasteiger charge is -2.48. The largest absolute Gasteiger partial charge is 0.508 e.